The van der Waals surface area contributed by atoms with Crippen LogP contribution in [-0.2, 0) is 4.79 Å². The van der Waals surface area contributed by atoms with E-state index >= 15 is 0 Å². The molecule has 118 valence electrons. The number of aryl methyl sites for hydroxylation is 1. The van der Waals surface area contributed by atoms with Crippen molar-refractivity contribution in [2.24, 2.45) is 0 Å². The standard InChI is InChI=1S/C16H15ClN4O2/c1-9(16(22)21-15-6-3-11(17)8-18-15)19-12-4-5-14-13(7-12)20-10(2)23-14/h3-9,19H,1-2H3,(H,18,21,22)/t9-/m1/s1. The molecule has 1 atom stereocenters. The summed E-state index contributed by atoms with van der Waals surface area (Å²) in [5.74, 6) is 0.864. The van der Waals surface area contributed by atoms with Crippen LogP contribution in [0.3, 0.4) is 0 Å². The maximum atomic E-state index is 12.2. The van der Waals surface area contributed by atoms with Gasteiger partial charge in [-0.25, -0.2) is 9.97 Å². The average Bonchev–Trinajstić information content (AvgIpc) is 2.88. The summed E-state index contributed by atoms with van der Waals surface area (Å²) in [7, 11) is 0. The largest absolute Gasteiger partial charge is 0.441 e. The third-order valence-corrected chi connectivity index (χ3v) is 3.47. The molecule has 2 N–H and O–H groups in total. The van der Waals surface area contributed by atoms with Crippen LogP contribution in [0.25, 0.3) is 11.1 Å². The molecule has 3 aromatic rings. The Kier molecular flexibility index (Phi) is 4.16. The number of pyridine rings is 1. The number of oxazole rings is 1. The van der Waals surface area contributed by atoms with Crippen LogP contribution < -0.4 is 10.6 Å². The molecule has 23 heavy (non-hydrogen) atoms. The van der Waals surface area contributed by atoms with E-state index in [1.165, 1.54) is 6.20 Å². The molecule has 2 aromatic heterocycles. The molecule has 2 heterocycles. The van der Waals surface area contributed by atoms with Crippen molar-refractivity contribution in [3.05, 3.63) is 47.4 Å². The lowest BCUT2D eigenvalue weighted by molar-refractivity contribution is -0.116. The molecular formula is C16H15ClN4O2. The van der Waals surface area contributed by atoms with E-state index in [1.807, 2.05) is 18.2 Å². The van der Waals surface area contributed by atoms with Gasteiger partial charge in [0.2, 0.25) is 5.91 Å². The third-order valence-electron chi connectivity index (χ3n) is 3.25. The highest BCUT2D eigenvalue weighted by atomic mass is 35.5. The second-order valence-corrected chi connectivity index (χ2v) is 5.57. The SMILES string of the molecule is Cc1nc2cc(N[C@H](C)C(=O)Nc3ccc(Cl)cn3)ccc2o1. The minimum atomic E-state index is -0.446. The van der Waals surface area contributed by atoms with Crippen molar-refractivity contribution >= 4 is 40.1 Å². The highest BCUT2D eigenvalue weighted by molar-refractivity contribution is 6.30. The zero-order valence-corrected chi connectivity index (χ0v) is 13.4. The van der Waals surface area contributed by atoms with E-state index in [9.17, 15) is 4.79 Å². The van der Waals surface area contributed by atoms with Gasteiger partial charge in [-0.15, -0.1) is 0 Å². The molecule has 0 aliphatic heterocycles. The third kappa shape index (κ3) is 3.60. The zero-order valence-electron chi connectivity index (χ0n) is 12.6. The van der Waals surface area contributed by atoms with E-state index in [-0.39, 0.29) is 5.91 Å². The van der Waals surface area contributed by atoms with Crippen molar-refractivity contribution < 1.29 is 9.21 Å². The summed E-state index contributed by atoms with van der Waals surface area (Å²) in [6.07, 6.45) is 1.48. The fourth-order valence-corrected chi connectivity index (χ4v) is 2.24. The Labute approximate surface area is 137 Å². The Bertz CT molecular complexity index is 845. The summed E-state index contributed by atoms with van der Waals surface area (Å²) in [4.78, 5) is 20.5. The molecule has 7 heteroatoms. The molecular weight excluding hydrogens is 316 g/mol. The second kappa shape index (κ2) is 6.26. The first-order chi connectivity index (χ1) is 11.0. The van der Waals surface area contributed by atoms with Crippen LogP contribution >= 0.6 is 11.6 Å². The molecule has 6 nitrogen and oxygen atoms in total. The Morgan fingerprint density at radius 3 is 2.87 bits per heavy atom. The van der Waals surface area contributed by atoms with E-state index in [2.05, 4.69) is 20.6 Å². The number of fused-ring (bicyclic) bond motifs is 1. The van der Waals surface area contributed by atoms with E-state index in [1.54, 1.807) is 26.0 Å². The highest BCUT2D eigenvalue weighted by Crippen LogP contribution is 2.20. The average molecular weight is 331 g/mol. The molecule has 0 radical (unpaired) electrons. The number of halogens is 1. The molecule has 0 aliphatic carbocycles. The monoisotopic (exact) mass is 330 g/mol. The summed E-state index contributed by atoms with van der Waals surface area (Å²) < 4.78 is 5.43. The summed E-state index contributed by atoms with van der Waals surface area (Å²) in [5, 5.41) is 6.37. The van der Waals surface area contributed by atoms with Crippen molar-refractivity contribution in [3.63, 3.8) is 0 Å². The van der Waals surface area contributed by atoms with Gasteiger partial charge in [0.1, 0.15) is 17.4 Å². The minimum Gasteiger partial charge on any atom is -0.441 e. The van der Waals surface area contributed by atoms with Gasteiger partial charge in [-0.05, 0) is 37.3 Å². The smallest absolute Gasteiger partial charge is 0.247 e. The lowest BCUT2D eigenvalue weighted by atomic mass is 10.2. The molecule has 0 fully saturated rings. The van der Waals surface area contributed by atoms with E-state index in [0.29, 0.717) is 16.7 Å². The van der Waals surface area contributed by atoms with E-state index in [0.717, 1.165) is 16.8 Å². The molecule has 0 saturated heterocycles. The number of rotatable bonds is 4. The van der Waals surface area contributed by atoms with Crippen molar-refractivity contribution in [2.45, 2.75) is 19.9 Å². The molecule has 0 bridgehead atoms. The molecule has 0 aliphatic rings. The minimum absolute atomic E-state index is 0.198. The summed E-state index contributed by atoms with van der Waals surface area (Å²) in [6.45, 7) is 3.56. The lowest BCUT2D eigenvalue weighted by Crippen LogP contribution is -2.32. The summed E-state index contributed by atoms with van der Waals surface area (Å²) in [6, 6.07) is 8.38. The first-order valence-corrected chi connectivity index (χ1v) is 7.45. The predicted octanol–water partition coefficient (Wildman–Crippen LogP) is 3.62. The molecule has 3 rings (SSSR count). The van der Waals surface area contributed by atoms with Crippen LogP contribution in [0, 0.1) is 6.92 Å². The van der Waals surface area contributed by atoms with Crippen molar-refractivity contribution in [3.8, 4) is 0 Å². The number of nitrogens with zero attached hydrogens (tertiary/aromatic N) is 2. The molecule has 1 amide bonds. The number of hydrogen-bond donors (Lipinski definition) is 2. The summed E-state index contributed by atoms with van der Waals surface area (Å²) >= 11 is 5.77. The van der Waals surface area contributed by atoms with Crippen LogP contribution in [-0.4, -0.2) is 21.9 Å². The van der Waals surface area contributed by atoms with Gasteiger partial charge >= 0.3 is 0 Å². The Morgan fingerprint density at radius 1 is 1.30 bits per heavy atom. The zero-order chi connectivity index (χ0) is 16.4. The molecule has 1 aromatic carbocycles. The quantitative estimate of drug-likeness (QED) is 0.763. The first kappa shape index (κ1) is 15.3. The topological polar surface area (TPSA) is 80.0 Å². The van der Waals surface area contributed by atoms with Crippen LogP contribution in [0.1, 0.15) is 12.8 Å². The number of nitrogens with one attached hydrogen (secondary N) is 2. The normalized spacial score (nSPS) is 12.1. The Hall–Kier alpha value is -2.60. The number of benzene rings is 1. The van der Waals surface area contributed by atoms with Gasteiger partial charge < -0.3 is 15.1 Å². The fourth-order valence-electron chi connectivity index (χ4n) is 2.13. The molecule has 0 unspecified atom stereocenters. The van der Waals surface area contributed by atoms with Gasteiger partial charge in [0.05, 0.1) is 5.02 Å². The van der Waals surface area contributed by atoms with Crippen LogP contribution in [0.5, 0.6) is 0 Å². The summed E-state index contributed by atoms with van der Waals surface area (Å²) in [5.41, 5.74) is 2.26. The lowest BCUT2D eigenvalue weighted by Gasteiger charge is -2.14. The Morgan fingerprint density at radius 2 is 2.13 bits per heavy atom. The van der Waals surface area contributed by atoms with Crippen LogP contribution in [0.4, 0.5) is 11.5 Å². The first-order valence-electron chi connectivity index (χ1n) is 7.07. The number of hydrogen-bond acceptors (Lipinski definition) is 5. The van der Waals surface area contributed by atoms with Gasteiger partial charge in [0.25, 0.3) is 0 Å². The maximum absolute atomic E-state index is 12.2. The Balaban J connectivity index is 1.67. The van der Waals surface area contributed by atoms with Gasteiger partial charge in [-0.1, -0.05) is 11.6 Å². The number of aromatic nitrogens is 2. The van der Waals surface area contributed by atoms with Gasteiger partial charge in [0, 0.05) is 18.8 Å². The van der Waals surface area contributed by atoms with E-state index in [4.69, 9.17) is 16.0 Å². The molecule has 0 spiro atoms. The second-order valence-electron chi connectivity index (χ2n) is 5.13. The van der Waals surface area contributed by atoms with Crippen molar-refractivity contribution in [1.29, 1.82) is 0 Å². The highest BCUT2D eigenvalue weighted by Gasteiger charge is 2.14. The van der Waals surface area contributed by atoms with Crippen molar-refractivity contribution in [2.75, 3.05) is 10.6 Å². The number of carbonyl (C=O) groups excluding carboxylic acids is 1. The van der Waals surface area contributed by atoms with E-state index < -0.39 is 6.04 Å². The fraction of sp³-hybridized carbons (Fsp3) is 0.188. The van der Waals surface area contributed by atoms with Gasteiger partial charge in [0.15, 0.2) is 11.5 Å². The maximum Gasteiger partial charge on any atom is 0.247 e. The van der Waals surface area contributed by atoms with Crippen LogP contribution in [0.2, 0.25) is 5.02 Å². The van der Waals surface area contributed by atoms with Crippen LogP contribution in [0.15, 0.2) is 40.9 Å². The van der Waals surface area contributed by atoms with Crippen molar-refractivity contribution in [1.82, 2.24) is 9.97 Å². The van der Waals surface area contributed by atoms with Gasteiger partial charge in [-0.2, -0.15) is 0 Å². The number of amides is 1. The predicted molar refractivity (Wildman–Crippen MR) is 89.7 cm³/mol. The number of carbonyl (C=O) groups is 1. The molecule has 0 saturated carbocycles. The number of anilines is 2. The van der Waals surface area contributed by atoms with Gasteiger partial charge in [-0.3, -0.25) is 4.79 Å².